The Labute approximate surface area is 179 Å². The molecule has 1 saturated carbocycles. The summed E-state index contributed by atoms with van der Waals surface area (Å²) in [6.07, 6.45) is 0.884. The topological polar surface area (TPSA) is 56.6 Å². The Balaban J connectivity index is 1.40. The molecule has 2 unspecified atom stereocenters. The molecular formula is C25H33N3O2. The summed E-state index contributed by atoms with van der Waals surface area (Å²) >= 11 is 0. The second-order valence-electron chi connectivity index (χ2n) is 9.44. The van der Waals surface area contributed by atoms with E-state index in [1.54, 1.807) is 0 Å². The van der Waals surface area contributed by atoms with Gasteiger partial charge in [0.15, 0.2) is 0 Å². The molecule has 0 bridgehead atoms. The minimum atomic E-state index is -0.181. The van der Waals surface area contributed by atoms with Crippen LogP contribution in [0.1, 0.15) is 50.0 Å². The van der Waals surface area contributed by atoms with Crippen molar-refractivity contribution in [2.24, 2.45) is 11.3 Å². The van der Waals surface area contributed by atoms with Crippen molar-refractivity contribution in [3.63, 3.8) is 0 Å². The van der Waals surface area contributed by atoms with E-state index in [2.05, 4.69) is 18.7 Å². The number of hydrogen-bond donors (Lipinski definition) is 1. The van der Waals surface area contributed by atoms with E-state index < -0.39 is 0 Å². The van der Waals surface area contributed by atoms with Gasteiger partial charge in [0.05, 0.1) is 0 Å². The Kier molecular flexibility index (Phi) is 5.35. The number of rotatable bonds is 3. The summed E-state index contributed by atoms with van der Waals surface area (Å²) < 4.78 is 5.94. The average Bonchev–Trinajstić information content (AvgIpc) is 2.98. The van der Waals surface area contributed by atoms with Gasteiger partial charge in [-0.05, 0) is 57.4 Å². The zero-order chi connectivity index (χ0) is 21.6. The van der Waals surface area contributed by atoms with E-state index in [4.69, 9.17) is 10.1 Å². The molecule has 1 aromatic carbocycles. The van der Waals surface area contributed by atoms with Crippen LogP contribution in [0.5, 0.6) is 0 Å². The Morgan fingerprint density at radius 3 is 2.33 bits per heavy atom. The molecule has 2 fully saturated rings. The smallest absolute Gasteiger partial charge is 0.253 e. The first-order valence-electron chi connectivity index (χ1n) is 10.9. The van der Waals surface area contributed by atoms with Crippen molar-refractivity contribution in [1.29, 1.82) is 5.41 Å². The molecule has 0 spiro atoms. The number of nitrogens with zero attached hydrogens (tertiary/aromatic N) is 2. The Morgan fingerprint density at radius 1 is 1.07 bits per heavy atom. The van der Waals surface area contributed by atoms with E-state index in [9.17, 15) is 4.79 Å². The first kappa shape index (κ1) is 20.9. The fourth-order valence-electron chi connectivity index (χ4n) is 5.15. The van der Waals surface area contributed by atoms with Crippen molar-refractivity contribution < 1.29 is 9.53 Å². The van der Waals surface area contributed by atoms with Crippen LogP contribution >= 0.6 is 0 Å². The normalized spacial score (nSPS) is 27.4. The lowest BCUT2D eigenvalue weighted by Crippen LogP contribution is -2.51. The van der Waals surface area contributed by atoms with Gasteiger partial charge in [0.2, 0.25) is 0 Å². The monoisotopic (exact) mass is 407 g/mol. The van der Waals surface area contributed by atoms with Crippen molar-refractivity contribution in [2.45, 2.75) is 41.0 Å². The number of piperazine rings is 1. The zero-order valence-electron chi connectivity index (χ0n) is 18.8. The molecule has 3 aliphatic rings. The van der Waals surface area contributed by atoms with Gasteiger partial charge in [-0.2, -0.15) is 0 Å². The molecule has 30 heavy (non-hydrogen) atoms. The van der Waals surface area contributed by atoms with Crippen LogP contribution in [0.2, 0.25) is 0 Å². The van der Waals surface area contributed by atoms with Crippen LogP contribution < -0.4 is 0 Å². The minimum absolute atomic E-state index is 0.105. The molecule has 2 aliphatic heterocycles. The van der Waals surface area contributed by atoms with Crippen LogP contribution in [0.15, 0.2) is 46.9 Å². The number of amides is 1. The highest BCUT2D eigenvalue weighted by Crippen LogP contribution is 2.50. The maximum atomic E-state index is 12.8. The van der Waals surface area contributed by atoms with Crippen LogP contribution in [0.25, 0.3) is 0 Å². The molecule has 2 atom stereocenters. The molecule has 1 aromatic rings. The fraction of sp³-hybridized carbons (Fsp3) is 0.520. The van der Waals surface area contributed by atoms with Gasteiger partial charge >= 0.3 is 0 Å². The molecule has 5 nitrogen and oxygen atoms in total. The summed E-state index contributed by atoms with van der Waals surface area (Å²) in [5, 5.41) is 8.98. The third kappa shape index (κ3) is 3.60. The predicted molar refractivity (Wildman–Crippen MR) is 120 cm³/mol. The van der Waals surface area contributed by atoms with Crippen molar-refractivity contribution >= 4 is 11.6 Å². The van der Waals surface area contributed by atoms with Gasteiger partial charge in [-0.25, -0.2) is 0 Å². The Hall–Kier alpha value is -2.40. The highest BCUT2D eigenvalue weighted by Gasteiger charge is 2.48. The number of fused-ring (bicyclic) bond motifs is 1. The largest absolute Gasteiger partial charge is 0.467 e. The van der Waals surface area contributed by atoms with Crippen LogP contribution in [0.4, 0.5) is 0 Å². The third-order valence-electron chi connectivity index (χ3n) is 7.15. The highest BCUT2D eigenvalue weighted by atomic mass is 16.5. The standard InChI is InChI=1S/C25H33N3O2/c1-16-6-8-20(9-7-16)24(29)28-12-10-27(11-13-28)15-25(5)14-21-19(4)30-18(3)17(2)22(21)23(25)26/h6-9,22,26H,10-15H2,1-5H3. The van der Waals surface area contributed by atoms with Crippen LogP contribution in [0, 0.1) is 23.7 Å². The summed E-state index contributed by atoms with van der Waals surface area (Å²) in [7, 11) is 0. The number of ether oxygens (including phenoxy) is 1. The summed E-state index contributed by atoms with van der Waals surface area (Å²) in [6.45, 7) is 14.4. The number of benzene rings is 1. The average molecular weight is 408 g/mol. The van der Waals surface area contributed by atoms with Gasteiger partial charge in [0, 0.05) is 55.3 Å². The van der Waals surface area contributed by atoms with Gasteiger partial charge in [0.1, 0.15) is 11.5 Å². The summed E-state index contributed by atoms with van der Waals surface area (Å²) in [5.74, 6) is 2.14. The minimum Gasteiger partial charge on any atom is -0.467 e. The molecule has 160 valence electrons. The second-order valence-corrected chi connectivity index (χ2v) is 9.44. The van der Waals surface area contributed by atoms with Crippen molar-refractivity contribution in [1.82, 2.24) is 9.80 Å². The zero-order valence-corrected chi connectivity index (χ0v) is 18.8. The molecule has 1 saturated heterocycles. The number of allylic oxidation sites excluding steroid dienone is 4. The lowest BCUT2D eigenvalue weighted by molar-refractivity contribution is 0.0606. The molecule has 0 radical (unpaired) electrons. The molecule has 1 N–H and O–H groups in total. The van der Waals surface area contributed by atoms with Crippen molar-refractivity contribution in [2.75, 3.05) is 32.7 Å². The van der Waals surface area contributed by atoms with Gasteiger partial charge in [-0.1, -0.05) is 24.6 Å². The van der Waals surface area contributed by atoms with E-state index in [0.29, 0.717) is 0 Å². The van der Waals surface area contributed by atoms with Gasteiger partial charge < -0.3 is 15.0 Å². The molecular weight excluding hydrogens is 374 g/mol. The van der Waals surface area contributed by atoms with Crippen LogP contribution in [-0.2, 0) is 4.74 Å². The summed E-state index contributed by atoms with van der Waals surface area (Å²) in [4.78, 5) is 17.2. The van der Waals surface area contributed by atoms with Gasteiger partial charge in [0.25, 0.3) is 5.91 Å². The molecule has 1 aliphatic carbocycles. The molecule has 4 rings (SSSR count). The lowest BCUT2D eigenvalue weighted by Gasteiger charge is -2.39. The number of carbonyl (C=O) groups excluding carboxylic acids is 1. The third-order valence-corrected chi connectivity index (χ3v) is 7.15. The molecule has 0 aromatic heterocycles. The number of carbonyl (C=O) groups is 1. The first-order valence-corrected chi connectivity index (χ1v) is 10.9. The predicted octanol–water partition coefficient (Wildman–Crippen LogP) is 4.40. The van der Waals surface area contributed by atoms with E-state index >= 15 is 0 Å². The Morgan fingerprint density at radius 2 is 1.70 bits per heavy atom. The number of aryl methyl sites for hydroxylation is 1. The number of nitrogens with one attached hydrogen (secondary N) is 1. The van der Waals surface area contributed by atoms with Gasteiger partial charge in [-0.15, -0.1) is 0 Å². The van der Waals surface area contributed by atoms with Crippen LogP contribution in [-0.4, -0.2) is 54.1 Å². The molecule has 2 heterocycles. The maximum Gasteiger partial charge on any atom is 0.253 e. The van der Waals surface area contributed by atoms with E-state index in [1.165, 1.54) is 16.7 Å². The number of hydrogen-bond acceptors (Lipinski definition) is 4. The van der Waals surface area contributed by atoms with E-state index in [0.717, 1.165) is 61.9 Å². The Bertz CT molecular complexity index is 936. The van der Waals surface area contributed by atoms with Crippen molar-refractivity contribution in [3.8, 4) is 0 Å². The van der Waals surface area contributed by atoms with E-state index in [-0.39, 0.29) is 17.2 Å². The van der Waals surface area contributed by atoms with Crippen LogP contribution in [0.3, 0.4) is 0 Å². The lowest BCUT2D eigenvalue weighted by atomic mass is 9.83. The second kappa shape index (κ2) is 7.69. The SMILES string of the molecule is CC1=C(C)C2C(=N)C(C)(CN3CCN(C(=O)c4ccc(C)cc4)CC3)CC2=C(C)O1. The van der Waals surface area contributed by atoms with Gasteiger partial charge in [-0.3, -0.25) is 9.69 Å². The molecule has 5 heteroatoms. The molecule has 1 amide bonds. The maximum absolute atomic E-state index is 12.8. The summed E-state index contributed by atoms with van der Waals surface area (Å²) in [5.41, 5.74) is 5.02. The van der Waals surface area contributed by atoms with Crippen molar-refractivity contribution in [3.05, 3.63) is 58.1 Å². The quantitative estimate of drug-likeness (QED) is 0.808. The highest BCUT2D eigenvalue weighted by molar-refractivity contribution is 5.98. The van der Waals surface area contributed by atoms with E-state index in [1.807, 2.05) is 49.9 Å². The fourth-order valence-corrected chi connectivity index (χ4v) is 5.15. The first-order chi connectivity index (χ1) is 14.2. The summed E-state index contributed by atoms with van der Waals surface area (Å²) in [6, 6.07) is 7.83.